The number of carbonyl (C=O) groups excluding carboxylic acids is 1. The number of rotatable bonds is 8. The Morgan fingerprint density at radius 2 is 1.72 bits per heavy atom. The Balaban J connectivity index is 1.39. The number of amides is 1. The van der Waals surface area contributed by atoms with Crippen molar-refractivity contribution in [3.63, 3.8) is 0 Å². The summed E-state index contributed by atoms with van der Waals surface area (Å²) >= 11 is 12.1. The van der Waals surface area contributed by atoms with E-state index in [9.17, 15) is 13.2 Å². The normalized spacial score (nSPS) is 11.5. The van der Waals surface area contributed by atoms with Gasteiger partial charge in [0, 0.05) is 16.1 Å². The number of furan rings is 1. The molecule has 0 atom stereocenters. The standard InChI is InChI=1S/C26H21Cl2N3O4S/c1-36(33,34)31(21-5-3-2-4-6-21)17-18-7-9-19(10-8-18)26(32)30-29-16-22-12-14-25(35-22)23-13-11-20(27)15-24(23)28/h2-16H,17H2,1H3,(H,30,32)/b29-16-. The Morgan fingerprint density at radius 3 is 2.39 bits per heavy atom. The lowest BCUT2D eigenvalue weighted by Crippen LogP contribution is -2.29. The maximum Gasteiger partial charge on any atom is 0.271 e. The molecule has 0 saturated carbocycles. The maximum absolute atomic E-state index is 12.5. The van der Waals surface area contributed by atoms with E-state index in [0.29, 0.717) is 38.4 Å². The van der Waals surface area contributed by atoms with Gasteiger partial charge in [-0.05, 0) is 60.2 Å². The summed E-state index contributed by atoms with van der Waals surface area (Å²) in [6.07, 6.45) is 2.54. The second-order valence-corrected chi connectivity index (χ2v) is 10.6. The van der Waals surface area contributed by atoms with Crippen LogP contribution in [0.2, 0.25) is 10.0 Å². The third-order valence-corrected chi connectivity index (χ3v) is 6.86. The lowest BCUT2D eigenvalue weighted by atomic mass is 10.1. The first-order valence-corrected chi connectivity index (χ1v) is 13.3. The van der Waals surface area contributed by atoms with Crippen LogP contribution in [0.3, 0.4) is 0 Å². The van der Waals surface area contributed by atoms with Crippen molar-refractivity contribution in [1.29, 1.82) is 0 Å². The number of nitrogens with one attached hydrogen (secondary N) is 1. The van der Waals surface area contributed by atoms with Crippen molar-refractivity contribution in [3.05, 3.63) is 112 Å². The summed E-state index contributed by atoms with van der Waals surface area (Å²) in [7, 11) is -3.49. The molecule has 0 aliphatic carbocycles. The minimum atomic E-state index is -3.49. The van der Waals surface area contributed by atoms with Gasteiger partial charge in [-0.3, -0.25) is 9.10 Å². The summed E-state index contributed by atoms with van der Waals surface area (Å²) in [6, 6.07) is 24.0. The molecule has 3 aromatic carbocycles. The van der Waals surface area contributed by atoms with Gasteiger partial charge in [-0.25, -0.2) is 13.8 Å². The number of sulfonamides is 1. The topological polar surface area (TPSA) is 92.0 Å². The fourth-order valence-electron chi connectivity index (χ4n) is 3.40. The van der Waals surface area contributed by atoms with E-state index in [1.54, 1.807) is 78.9 Å². The SMILES string of the molecule is CS(=O)(=O)N(Cc1ccc(C(=O)N/N=C\c2ccc(-c3ccc(Cl)cc3Cl)o2)cc1)c1ccccc1. The third kappa shape index (κ3) is 6.34. The van der Waals surface area contributed by atoms with Gasteiger partial charge in [0.05, 0.1) is 29.7 Å². The molecule has 0 aliphatic rings. The number of hydrogen-bond acceptors (Lipinski definition) is 5. The molecule has 0 radical (unpaired) electrons. The second-order valence-electron chi connectivity index (χ2n) is 7.83. The quantitative estimate of drug-likeness (QED) is 0.219. The number of hydrazone groups is 1. The average molecular weight is 542 g/mol. The van der Waals surface area contributed by atoms with Crippen molar-refractivity contribution in [2.45, 2.75) is 6.54 Å². The number of halogens is 2. The molecule has 0 bridgehead atoms. The zero-order valence-corrected chi connectivity index (χ0v) is 21.4. The zero-order valence-electron chi connectivity index (χ0n) is 19.1. The number of nitrogens with zero attached hydrogens (tertiary/aromatic N) is 2. The summed E-state index contributed by atoms with van der Waals surface area (Å²) in [6.45, 7) is 0.140. The molecule has 184 valence electrons. The highest BCUT2D eigenvalue weighted by Crippen LogP contribution is 2.31. The van der Waals surface area contributed by atoms with Crippen LogP contribution in [-0.2, 0) is 16.6 Å². The number of carbonyl (C=O) groups is 1. The Hall–Kier alpha value is -3.59. The summed E-state index contributed by atoms with van der Waals surface area (Å²) in [5.74, 6) is 0.542. The number of hydrogen-bond donors (Lipinski definition) is 1. The molecule has 1 heterocycles. The van der Waals surface area contributed by atoms with Gasteiger partial charge >= 0.3 is 0 Å². The van der Waals surface area contributed by atoms with Crippen LogP contribution in [0.15, 0.2) is 94.4 Å². The van der Waals surface area contributed by atoms with E-state index >= 15 is 0 Å². The van der Waals surface area contributed by atoms with Crippen LogP contribution < -0.4 is 9.73 Å². The first-order valence-electron chi connectivity index (χ1n) is 10.7. The van der Waals surface area contributed by atoms with E-state index < -0.39 is 15.9 Å². The van der Waals surface area contributed by atoms with Crippen molar-refractivity contribution in [1.82, 2.24) is 5.43 Å². The fourth-order valence-corrected chi connectivity index (χ4v) is 4.79. The average Bonchev–Trinajstić information content (AvgIpc) is 3.31. The van der Waals surface area contributed by atoms with Gasteiger partial charge in [0.2, 0.25) is 10.0 Å². The van der Waals surface area contributed by atoms with Crippen LogP contribution in [-0.4, -0.2) is 26.8 Å². The number of anilines is 1. The van der Waals surface area contributed by atoms with Crippen LogP contribution in [0.5, 0.6) is 0 Å². The Labute approximate surface area is 219 Å². The van der Waals surface area contributed by atoms with E-state index in [0.717, 1.165) is 11.8 Å². The third-order valence-electron chi connectivity index (χ3n) is 5.17. The smallest absolute Gasteiger partial charge is 0.271 e. The molecule has 36 heavy (non-hydrogen) atoms. The molecular weight excluding hydrogens is 521 g/mol. The first kappa shape index (κ1) is 25.5. The van der Waals surface area contributed by atoms with E-state index in [2.05, 4.69) is 10.5 Å². The molecule has 4 aromatic rings. The number of para-hydroxylation sites is 1. The molecule has 0 fully saturated rings. The van der Waals surface area contributed by atoms with Crippen LogP contribution >= 0.6 is 23.2 Å². The van der Waals surface area contributed by atoms with Gasteiger partial charge in [-0.15, -0.1) is 0 Å². The predicted molar refractivity (Wildman–Crippen MR) is 143 cm³/mol. The highest BCUT2D eigenvalue weighted by molar-refractivity contribution is 7.92. The molecule has 0 saturated heterocycles. The summed E-state index contributed by atoms with van der Waals surface area (Å²) in [5.41, 5.74) is 4.80. The summed E-state index contributed by atoms with van der Waals surface area (Å²) in [5, 5.41) is 4.93. The Morgan fingerprint density at radius 1 is 1.00 bits per heavy atom. The molecule has 1 N–H and O–H groups in total. The summed E-state index contributed by atoms with van der Waals surface area (Å²) in [4.78, 5) is 12.5. The molecule has 4 rings (SSSR count). The predicted octanol–water partition coefficient (Wildman–Crippen LogP) is 5.98. The largest absolute Gasteiger partial charge is 0.455 e. The van der Waals surface area contributed by atoms with Gasteiger partial charge in [-0.1, -0.05) is 53.5 Å². The molecule has 0 unspecified atom stereocenters. The van der Waals surface area contributed by atoms with Crippen LogP contribution in [0, 0.1) is 0 Å². The Kier molecular flexibility index (Phi) is 7.79. The minimum Gasteiger partial charge on any atom is -0.455 e. The van der Waals surface area contributed by atoms with E-state index in [1.807, 2.05) is 6.07 Å². The van der Waals surface area contributed by atoms with Gasteiger partial charge in [0.25, 0.3) is 5.91 Å². The van der Waals surface area contributed by atoms with Crippen LogP contribution in [0.25, 0.3) is 11.3 Å². The lowest BCUT2D eigenvalue weighted by molar-refractivity contribution is 0.0955. The molecule has 0 spiro atoms. The molecule has 1 amide bonds. The first-order chi connectivity index (χ1) is 17.2. The van der Waals surface area contributed by atoms with Gasteiger partial charge in [-0.2, -0.15) is 5.10 Å². The van der Waals surface area contributed by atoms with Crippen molar-refractivity contribution in [2.24, 2.45) is 5.10 Å². The molecule has 10 heteroatoms. The van der Waals surface area contributed by atoms with E-state index in [4.69, 9.17) is 27.6 Å². The van der Waals surface area contributed by atoms with Gasteiger partial charge < -0.3 is 4.42 Å². The second kappa shape index (κ2) is 11.0. The highest BCUT2D eigenvalue weighted by atomic mass is 35.5. The summed E-state index contributed by atoms with van der Waals surface area (Å²) < 4.78 is 31.6. The van der Waals surface area contributed by atoms with Crippen LogP contribution in [0.1, 0.15) is 21.7 Å². The number of benzene rings is 3. The molecular formula is C26H21Cl2N3O4S. The van der Waals surface area contributed by atoms with E-state index in [1.165, 1.54) is 10.5 Å². The van der Waals surface area contributed by atoms with Crippen molar-refractivity contribution >= 4 is 51.0 Å². The molecule has 7 nitrogen and oxygen atoms in total. The van der Waals surface area contributed by atoms with Gasteiger partial charge in [0.15, 0.2) is 0 Å². The molecule has 0 aliphatic heterocycles. The maximum atomic E-state index is 12.5. The zero-order chi connectivity index (χ0) is 25.7. The fraction of sp³-hybridized carbons (Fsp3) is 0.0769. The lowest BCUT2D eigenvalue weighted by Gasteiger charge is -2.22. The highest BCUT2D eigenvalue weighted by Gasteiger charge is 2.18. The van der Waals surface area contributed by atoms with Crippen molar-refractivity contribution in [2.75, 3.05) is 10.6 Å². The van der Waals surface area contributed by atoms with Gasteiger partial charge in [0.1, 0.15) is 11.5 Å². The molecule has 1 aromatic heterocycles. The minimum absolute atomic E-state index is 0.140. The van der Waals surface area contributed by atoms with Crippen LogP contribution in [0.4, 0.5) is 5.69 Å². The monoisotopic (exact) mass is 541 g/mol. The van der Waals surface area contributed by atoms with Crippen molar-refractivity contribution < 1.29 is 17.6 Å². The van der Waals surface area contributed by atoms with E-state index in [-0.39, 0.29) is 6.54 Å². The Bertz CT molecular complexity index is 1500. The van der Waals surface area contributed by atoms with Crippen molar-refractivity contribution in [3.8, 4) is 11.3 Å².